The highest BCUT2D eigenvalue weighted by Gasteiger charge is 2.34. The fraction of sp³-hybridized carbons (Fsp3) is 0.923. The first-order valence-corrected chi connectivity index (χ1v) is 6.81. The van der Waals surface area contributed by atoms with Crippen LogP contribution in [0.25, 0.3) is 0 Å². The SMILES string of the molecule is CC1(C(=O)NCC2CCC(O)C2)CCCCN1. The molecule has 2 rings (SSSR count). The maximum absolute atomic E-state index is 12.1. The number of rotatable bonds is 3. The van der Waals surface area contributed by atoms with E-state index in [2.05, 4.69) is 10.6 Å². The van der Waals surface area contributed by atoms with E-state index in [1.807, 2.05) is 6.92 Å². The Hall–Kier alpha value is -0.610. The first-order valence-electron chi connectivity index (χ1n) is 6.81. The van der Waals surface area contributed by atoms with Crippen molar-refractivity contribution in [3.63, 3.8) is 0 Å². The second-order valence-electron chi connectivity index (χ2n) is 5.76. The minimum absolute atomic E-state index is 0.124. The standard InChI is InChI=1S/C13H24N2O2/c1-13(6-2-3-7-15-13)12(17)14-9-10-4-5-11(16)8-10/h10-11,15-16H,2-9H2,1H3,(H,14,17). The van der Waals surface area contributed by atoms with Crippen molar-refractivity contribution in [3.8, 4) is 0 Å². The maximum Gasteiger partial charge on any atom is 0.240 e. The van der Waals surface area contributed by atoms with E-state index in [1.165, 1.54) is 0 Å². The Bertz CT molecular complexity index is 275. The van der Waals surface area contributed by atoms with Gasteiger partial charge in [-0.1, -0.05) is 0 Å². The van der Waals surface area contributed by atoms with Crippen molar-refractivity contribution in [3.05, 3.63) is 0 Å². The zero-order chi connectivity index (χ0) is 12.3. The summed E-state index contributed by atoms with van der Waals surface area (Å²) in [6.45, 7) is 3.64. The summed E-state index contributed by atoms with van der Waals surface area (Å²) in [5, 5.41) is 15.8. The molecular formula is C13H24N2O2. The molecular weight excluding hydrogens is 216 g/mol. The van der Waals surface area contributed by atoms with Crippen molar-refractivity contribution < 1.29 is 9.90 Å². The third-order valence-corrected chi connectivity index (χ3v) is 4.18. The topological polar surface area (TPSA) is 61.4 Å². The molecule has 0 bridgehead atoms. The fourth-order valence-corrected chi connectivity index (χ4v) is 2.92. The molecule has 4 nitrogen and oxygen atoms in total. The number of carbonyl (C=O) groups is 1. The zero-order valence-corrected chi connectivity index (χ0v) is 10.7. The second-order valence-corrected chi connectivity index (χ2v) is 5.76. The molecule has 2 fully saturated rings. The molecule has 1 saturated heterocycles. The number of hydrogen-bond donors (Lipinski definition) is 3. The number of nitrogens with one attached hydrogen (secondary N) is 2. The quantitative estimate of drug-likeness (QED) is 0.683. The van der Waals surface area contributed by atoms with Gasteiger partial charge in [-0.25, -0.2) is 0 Å². The Balaban J connectivity index is 1.76. The molecule has 0 spiro atoms. The third kappa shape index (κ3) is 3.19. The number of aliphatic hydroxyl groups is 1. The van der Waals surface area contributed by atoms with Gasteiger partial charge in [0.15, 0.2) is 0 Å². The lowest BCUT2D eigenvalue weighted by molar-refractivity contribution is -0.128. The largest absolute Gasteiger partial charge is 0.393 e. The summed E-state index contributed by atoms with van der Waals surface area (Å²) in [6.07, 6.45) is 5.81. The Morgan fingerprint density at radius 2 is 2.29 bits per heavy atom. The predicted octanol–water partition coefficient (Wildman–Crippen LogP) is 0.796. The fourth-order valence-electron chi connectivity index (χ4n) is 2.92. The third-order valence-electron chi connectivity index (χ3n) is 4.18. The van der Waals surface area contributed by atoms with E-state index in [0.29, 0.717) is 12.5 Å². The Kier molecular flexibility index (Phi) is 4.05. The highest BCUT2D eigenvalue weighted by molar-refractivity contribution is 5.85. The molecule has 3 unspecified atom stereocenters. The van der Waals surface area contributed by atoms with Crippen LogP contribution in [0.5, 0.6) is 0 Å². The van der Waals surface area contributed by atoms with Crippen LogP contribution in [-0.2, 0) is 4.79 Å². The average Bonchev–Trinajstić information content (AvgIpc) is 2.73. The van der Waals surface area contributed by atoms with Crippen molar-refractivity contribution in [2.75, 3.05) is 13.1 Å². The summed E-state index contributed by atoms with van der Waals surface area (Å²) < 4.78 is 0. The van der Waals surface area contributed by atoms with Gasteiger partial charge in [-0.3, -0.25) is 4.79 Å². The molecule has 1 amide bonds. The van der Waals surface area contributed by atoms with Crippen LogP contribution in [0.15, 0.2) is 0 Å². The van der Waals surface area contributed by atoms with E-state index < -0.39 is 0 Å². The first-order chi connectivity index (χ1) is 8.10. The van der Waals surface area contributed by atoms with Crippen LogP contribution >= 0.6 is 0 Å². The van der Waals surface area contributed by atoms with Gasteiger partial charge in [0.25, 0.3) is 0 Å². The lowest BCUT2D eigenvalue weighted by atomic mass is 9.90. The van der Waals surface area contributed by atoms with E-state index in [1.54, 1.807) is 0 Å². The van der Waals surface area contributed by atoms with Gasteiger partial charge in [-0.15, -0.1) is 0 Å². The van der Waals surface area contributed by atoms with Gasteiger partial charge < -0.3 is 15.7 Å². The summed E-state index contributed by atoms with van der Waals surface area (Å²) in [5.41, 5.74) is -0.379. The number of aliphatic hydroxyl groups excluding tert-OH is 1. The van der Waals surface area contributed by atoms with Crippen LogP contribution in [0, 0.1) is 5.92 Å². The zero-order valence-electron chi connectivity index (χ0n) is 10.7. The Labute approximate surface area is 103 Å². The van der Waals surface area contributed by atoms with Crippen LogP contribution < -0.4 is 10.6 Å². The van der Waals surface area contributed by atoms with Crippen LogP contribution in [0.3, 0.4) is 0 Å². The van der Waals surface area contributed by atoms with Crippen LogP contribution in [-0.4, -0.2) is 35.7 Å². The molecule has 0 aromatic carbocycles. The summed E-state index contributed by atoms with van der Waals surface area (Å²) in [7, 11) is 0. The van der Waals surface area contributed by atoms with Crippen LogP contribution in [0.4, 0.5) is 0 Å². The Morgan fingerprint density at radius 3 is 2.88 bits per heavy atom. The van der Waals surface area contributed by atoms with Crippen LogP contribution in [0.2, 0.25) is 0 Å². The number of piperidine rings is 1. The Morgan fingerprint density at radius 1 is 1.47 bits per heavy atom. The van der Waals surface area contributed by atoms with Gasteiger partial charge in [-0.2, -0.15) is 0 Å². The molecule has 0 aromatic heterocycles. The van der Waals surface area contributed by atoms with Crippen LogP contribution in [0.1, 0.15) is 45.4 Å². The molecule has 4 heteroatoms. The normalized spacial score (nSPS) is 38.0. The molecule has 1 heterocycles. The van der Waals surface area contributed by atoms with Gasteiger partial charge in [-0.05, 0) is 57.9 Å². The predicted molar refractivity (Wildman–Crippen MR) is 66.6 cm³/mol. The molecule has 0 radical (unpaired) electrons. The van der Waals surface area contributed by atoms with E-state index >= 15 is 0 Å². The van der Waals surface area contributed by atoms with Crippen molar-refractivity contribution in [1.29, 1.82) is 0 Å². The molecule has 98 valence electrons. The van der Waals surface area contributed by atoms with E-state index in [4.69, 9.17) is 0 Å². The number of amides is 1. The van der Waals surface area contributed by atoms with Gasteiger partial charge >= 0.3 is 0 Å². The molecule has 1 aliphatic carbocycles. The number of carbonyl (C=O) groups excluding carboxylic acids is 1. The summed E-state index contributed by atoms with van der Waals surface area (Å²) in [6, 6.07) is 0. The summed E-state index contributed by atoms with van der Waals surface area (Å²) in [4.78, 5) is 12.1. The lowest BCUT2D eigenvalue weighted by Crippen LogP contribution is -2.57. The van der Waals surface area contributed by atoms with Gasteiger partial charge in [0, 0.05) is 6.54 Å². The lowest BCUT2D eigenvalue weighted by Gasteiger charge is -2.33. The monoisotopic (exact) mass is 240 g/mol. The second kappa shape index (κ2) is 5.36. The molecule has 0 aromatic rings. The smallest absolute Gasteiger partial charge is 0.240 e. The van der Waals surface area contributed by atoms with Gasteiger partial charge in [0.1, 0.15) is 0 Å². The maximum atomic E-state index is 12.1. The molecule has 2 aliphatic rings. The molecule has 17 heavy (non-hydrogen) atoms. The van der Waals surface area contributed by atoms with E-state index in [-0.39, 0.29) is 17.6 Å². The van der Waals surface area contributed by atoms with Crippen molar-refractivity contribution in [1.82, 2.24) is 10.6 Å². The summed E-state index contributed by atoms with van der Waals surface area (Å²) in [5.74, 6) is 0.583. The minimum Gasteiger partial charge on any atom is -0.393 e. The summed E-state index contributed by atoms with van der Waals surface area (Å²) >= 11 is 0. The van der Waals surface area contributed by atoms with E-state index in [9.17, 15) is 9.90 Å². The molecule has 1 aliphatic heterocycles. The van der Waals surface area contributed by atoms with Gasteiger partial charge in [0.05, 0.1) is 11.6 Å². The highest BCUT2D eigenvalue weighted by atomic mass is 16.3. The molecule has 1 saturated carbocycles. The van der Waals surface area contributed by atoms with Gasteiger partial charge in [0.2, 0.25) is 5.91 Å². The van der Waals surface area contributed by atoms with Crippen molar-refractivity contribution in [2.45, 2.75) is 57.1 Å². The van der Waals surface area contributed by atoms with Crippen molar-refractivity contribution >= 4 is 5.91 Å². The molecule has 3 N–H and O–H groups in total. The average molecular weight is 240 g/mol. The number of hydrogen-bond acceptors (Lipinski definition) is 3. The highest BCUT2D eigenvalue weighted by Crippen LogP contribution is 2.25. The first kappa shape index (κ1) is 12.8. The van der Waals surface area contributed by atoms with Crippen molar-refractivity contribution in [2.24, 2.45) is 5.92 Å². The molecule has 3 atom stereocenters. The van der Waals surface area contributed by atoms with E-state index in [0.717, 1.165) is 45.1 Å². The minimum atomic E-state index is -0.379.